The van der Waals surface area contributed by atoms with Crippen molar-refractivity contribution < 1.29 is 9.47 Å². The highest BCUT2D eigenvalue weighted by molar-refractivity contribution is 4.83. The van der Waals surface area contributed by atoms with Gasteiger partial charge in [-0.05, 0) is 0 Å². The summed E-state index contributed by atoms with van der Waals surface area (Å²) in [6, 6.07) is 0. The molecule has 0 bridgehead atoms. The van der Waals surface area contributed by atoms with Gasteiger partial charge in [-0.25, -0.2) is 0 Å². The van der Waals surface area contributed by atoms with Crippen LogP contribution in [-0.2, 0) is 9.47 Å². The van der Waals surface area contributed by atoms with Gasteiger partial charge in [-0.3, -0.25) is 0 Å². The van der Waals surface area contributed by atoms with Gasteiger partial charge in [-0.1, -0.05) is 13.8 Å². The lowest BCUT2D eigenvalue weighted by Gasteiger charge is -2.29. The van der Waals surface area contributed by atoms with Crippen molar-refractivity contribution >= 4 is 0 Å². The largest absolute Gasteiger partial charge is 0.326 e. The van der Waals surface area contributed by atoms with Crippen LogP contribution < -0.4 is 0 Å². The molecule has 1 aliphatic heterocycles. The zero-order chi connectivity index (χ0) is 5.28. The molecule has 0 amide bonds. The molecule has 0 aromatic heterocycles. The summed E-state index contributed by atoms with van der Waals surface area (Å²) in [5, 5.41) is 0. The Morgan fingerprint density at radius 1 is 1.43 bits per heavy atom. The van der Waals surface area contributed by atoms with Crippen LogP contribution in [0, 0.1) is 5.92 Å². The molecule has 2 heteroatoms. The first kappa shape index (κ1) is 5.06. The summed E-state index contributed by atoms with van der Waals surface area (Å²) in [5.74, 6) is 1.19. The standard InChI is InChI=1S/C5H9O2/c1-4(2)5-6-3-7-5/h5H,3H2,1-2H3. The first-order valence-electron chi connectivity index (χ1n) is 2.34. The van der Waals surface area contributed by atoms with E-state index in [1.54, 1.807) is 0 Å². The zero-order valence-electron chi connectivity index (χ0n) is 4.60. The number of rotatable bonds is 1. The predicted octanol–water partition coefficient (Wildman–Crippen LogP) is 0.931. The summed E-state index contributed by atoms with van der Waals surface area (Å²) in [5.41, 5.74) is 0. The van der Waals surface area contributed by atoms with Crippen molar-refractivity contribution in [3.63, 3.8) is 0 Å². The van der Waals surface area contributed by atoms with E-state index in [0.29, 0.717) is 6.79 Å². The molecular weight excluding hydrogens is 92.1 g/mol. The van der Waals surface area contributed by atoms with Gasteiger partial charge >= 0.3 is 0 Å². The number of ether oxygens (including phenoxy) is 2. The average Bonchev–Trinajstić information content (AvgIpc) is 1.23. The molecule has 0 aromatic rings. The van der Waals surface area contributed by atoms with Crippen LogP contribution in [0.25, 0.3) is 0 Å². The molecule has 1 heterocycles. The van der Waals surface area contributed by atoms with Crippen LogP contribution in [-0.4, -0.2) is 13.1 Å². The maximum Gasteiger partial charge on any atom is 0.169 e. The molecule has 0 saturated carbocycles. The van der Waals surface area contributed by atoms with Gasteiger partial charge in [0.15, 0.2) is 13.1 Å². The van der Waals surface area contributed by atoms with E-state index in [2.05, 4.69) is 0 Å². The van der Waals surface area contributed by atoms with E-state index in [0.717, 1.165) is 0 Å². The van der Waals surface area contributed by atoms with Gasteiger partial charge in [0.05, 0.1) is 0 Å². The van der Waals surface area contributed by atoms with E-state index in [1.807, 2.05) is 13.8 Å². The summed E-state index contributed by atoms with van der Waals surface area (Å²) in [4.78, 5) is 0. The normalized spacial score (nSPS) is 22.7. The third-order valence-corrected chi connectivity index (χ3v) is 0.910. The van der Waals surface area contributed by atoms with E-state index in [1.165, 1.54) is 5.92 Å². The fraction of sp³-hybridized carbons (Fsp3) is 0.800. The third-order valence-electron chi connectivity index (χ3n) is 0.910. The molecule has 41 valence electrons. The van der Waals surface area contributed by atoms with Gasteiger partial charge in [0, 0.05) is 5.92 Å². The van der Waals surface area contributed by atoms with E-state index in [-0.39, 0.29) is 6.29 Å². The summed E-state index contributed by atoms with van der Waals surface area (Å²) < 4.78 is 9.87. The second-order valence-corrected chi connectivity index (χ2v) is 1.86. The molecular formula is C5H9O2. The Bertz CT molecular complexity index is 57.1. The van der Waals surface area contributed by atoms with E-state index >= 15 is 0 Å². The van der Waals surface area contributed by atoms with Gasteiger partial charge in [-0.15, -0.1) is 0 Å². The maximum atomic E-state index is 4.93. The lowest BCUT2D eigenvalue weighted by Crippen LogP contribution is -2.33. The van der Waals surface area contributed by atoms with Gasteiger partial charge in [-0.2, -0.15) is 0 Å². The minimum absolute atomic E-state index is 0.000000000000000222. The fourth-order valence-electron chi connectivity index (χ4n) is 0.469. The van der Waals surface area contributed by atoms with Crippen molar-refractivity contribution in [2.45, 2.75) is 20.1 Å². The monoisotopic (exact) mass is 101 g/mol. The van der Waals surface area contributed by atoms with E-state index in [4.69, 9.17) is 9.47 Å². The molecule has 2 nitrogen and oxygen atoms in total. The lowest BCUT2D eigenvalue weighted by molar-refractivity contribution is -0.310. The zero-order valence-corrected chi connectivity index (χ0v) is 4.60. The van der Waals surface area contributed by atoms with Crippen molar-refractivity contribution in [3.8, 4) is 0 Å². The molecule has 1 rings (SSSR count). The maximum absolute atomic E-state index is 4.93. The first-order valence-corrected chi connectivity index (χ1v) is 2.34. The first-order chi connectivity index (χ1) is 3.30. The summed E-state index contributed by atoms with van der Waals surface area (Å²) in [7, 11) is 0. The van der Waals surface area contributed by atoms with E-state index in [9.17, 15) is 0 Å². The Balaban J connectivity index is 2.14. The average molecular weight is 101 g/mol. The number of hydrogen-bond donors (Lipinski definition) is 0. The van der Waals surface area contributed by atoms with Crippen LogP contribution in [0.5, 0.6) is 0 Å². The van der Waals surface area contributed by atoms with Crippen LogP contribution in [0.15, 0.2) is 0 Å². The van der Waals surface area contributed by atoms with Crippen molar-refractivity contribution in [1.29, 1.82) is 0 Å². The molecule has 0 aromatic carbocycles. The molecule has 0 atom stereocenters. The smallest absolute Gasteiger partial charge is 0.169 e. The molecule has 1 aliphatic rings. The highest BCUT2D eigenvalue weighted by Gasteiger charge is 2.22. The second kappa shape index (κ2) is 1.80. The van der Waals surface area contributed by atoms with Crippen LogP contribution in [0.4, 0.5) is 0 Å². The van der Waals surface area contributed by atoms with Crippen molar-refractivity contribution in [1.82, 2.24) is 0 Å². The summed E-state index contributed by atoms with van der Waals surface area (Å²) in [6.07, 6.45) is -0.000000000000000222. The van der Waals surface area contributed by atoms with Gasteiger partial charge in [0.2, 0.25) is 0 Å². The fourth-order valence-corrected chi connectivity index (χ4v) is 0.469. The Hall–Kier alpha value is -0.0800. The quantitative estimate of drug-likeness (QED) is 0.489. The van der Waals surface area contributed by atoms with Gasteiger partial charge < -0.3 is 9.47 Å². The molecule has 1 saturated heterocycles. The lowest BCUT2D eigenvalue weighted by atomic mass is 10.2. The van der Waals surface area contributed by atoms with Crippen molar-refractivity contribution in [2.24, 2.45) is 0 Å². The molecule has 1 radical (unpaired) electrons. The number of hydrogen-bond acceptors (Lipinski definition) is 2. The van der Waals surface area contributed by atoms with Crippen LogP contribution in [0.1, 0.15) is 13.8 Å². The molecule has 0 aliphatic carbocycles. The molecule has 0 N–H and O–H groups in total. The second-order valence-electron chi connectivity index (χ2n) is 1.86. The highest BCUT2D eigenvalue weighted by Crippen LogP contribution is 2.16. The minimum Gasteiger partial charge on any atom is -0.326 e. The third kappa shape index (κ3) is 0.924. The Morgan fingerprint density at radius 3 is 2.00 bits per heavy atom. The topological polar surface area (TPSA) is 18.5 Å². The molecule has 7 heavy (non-hydrogen) atoms. The molecule has 0 unspecified atom stereocenters. The summed E-state index contributed by atoms with van der Waals surface area (Å²) in [6.45, 7) is 4.45. The molecule has 0 spiro atoms. The van der Waals surface area contributed by atoms with Crippen LogP contribution in [0.2, 0.25) is 0 Å². The Labute approximate surface area is 43.4 Å². The van der Waals surface area contributed by atoms with Gasteiger partial charge in [0.1, 0.15) is 0 Å². The van der Waals surface area contributed by atoms with Gasteiger partial charge in [0.25, 0.3) is 0 Å². The van der Waals surface area contributed by atoms with Crippen LogP contribution >= 0.6 is 0 Å². The van der Waals surface area contributed by atoms with Crippen molar-refractivity contribution in [2.75, 3.05) is 6.79 Å². The summed E-state index contributed by atoms with van der Waals surface area (Å²) >= 11 is 0. The predicted molar refractivity (Wildman–Crippen MR) is 25.4 cm³/mol. The van der Waals surface area contributed by atoms with Crippen molar-refractivity contribution in [3.05, 3.63) is 5.92 Å². The Morgan fingerprint density at radius 2 is 2.00 bits per heavy atom. The minimum atomic E-state index is -0.000000000000000222. The Kier molecular flexibility index (Phi) is 1.30. The molecule has 1 fully saturated rings. The van der Waals surface area contributed by atoms with E-state index < -0.39 is 0 Å². The highest BCUT2D eigenvalue weighted by atomic mass is 16.8. The SMILES string of the molecule is C[C](C)C1OCO1. The van der Waals surface area contributed by atoms with Crippen LogP contribution in [0.3, 0.4) is 0 Å².